The number of hydrogen-bond donors (Lipinski definition) is 2. The summed E-state index contributed by atoms with van der Waals surface area (Å²) in [6.45, 7) is 1.12. The van der Waals surface area contributed by atoms with E-state index in [1.165, 1.54) is 6.07 Å². The molecule has 0 radical (unpaired) electrons. The van der Waals surface area contributed by atoms with Crippen molar-refractivity contribution in [3.63, 3.8) is 0 Å². The highest BCUT2D eigenvalue weighted by atomic mass is 16.6. The van der Waals surface area contributed by atoms with E-state index in [0.717, 1.165) is 6.42 Å². The number of aromatic nitrogens is 2. The van der Waals surface area contributed by atoms with E-state index >= 15 is 0 Å². The number of anilines is 1. The van der Waals surface area contributed by atoms with Crippen LogP contribution in [-0.4, -0.2) is 33.6 Å². The van der Waals surface area contributed by atoms with Gasteiger partial charge in [-0.3, -0.25) is 20.0 Å². The number of para-hydroxylation sites is 1. The lowest BCUT2D eigenvalue weighted by molar-refractivity contribution is -0.385. The van der Waals surface area contributed by atoms with Crippen molar-refractivity contribution in [1.82, 2.24) is 9.55 Å². The Balaban J connectivity index is 1.74. The molecule has 2 aliphatic heterocycles. The van der Waals surface area contributed by atoms with Crippen LogP contribution in [0.5, 0.6) is 11.5 Å². The lowest BCUT2D eigenvalue weighted by Crippen LogP contribution is -2.31. The van der Waals surface area contributed by atoms with Crippen LogP contribution in [0.25, 0.3) is 11.0 Å². The summed E-state index contributed by atoms with van der Waals surface area (Å²) >= 11 is 0. The number of nitro groups is 1. The standard InChI is InChI=1S/C18H16N6O4/c19-17-21-16(10-4-1-2-5-12(10)24(25)26)23-13-9-15-14(27-6-3-7-28-15)8-11(13)20-18(23)22-17/h1-2,4-5,8-9,16H,3,6-7H2,(H3,19,20,21,22). The fourth-order valence-electron chi connectivity index (χ4n) is 3.50. The monoisotopic (exact) mass is 380 g/mol. The zero-order valence-corrected chi connectivity index (χ0v) is 14.7. The van der Waals surface area contributed by atoms with E-state index in [2.05, 4.69) is 15.3 Å². The third kappa shape index (κ3) is 2.49. The zero-order chi connectivity index (χ0) is 19.3. The molecule has 0 aliphatic carbocycles. The molecule has 2 aromatic carbocycles. The molecule has 0 fully saturated rings. The fraction of sp³-hybridized carbons (Fsp3) is 0.222. The number of hydrogen-bond acceptors (Lipinski definition) is 8. The van der Waals surface area contributed by atoms with Gasteiger partial charge in [0.15, 0.2) is 23.6 Å². The van der Waals surface area contributed by atoms with Gasteiger partial charge in [0.2, 0.25) is 5.95 Å². The van der Waals surface area contributed by atoms with Crippen molar-refractivity contribution in [3.8, 4) is 11.5 Å². The molecule has 3 heterocycles. The Morgan fingerprint density at radius 1 is 1.21 bits per heavy atom. The van der Waals surface area contributed by atoms with Gasteiger partial charge < -0.3 is 15.2 Å². The van der Waals surface area contributed by atoms with Crippen molar-refractivity contribution >= 4 is 28.6 Å². The molecule has 0 bridgehead atoms. The Labute approximate surface area is 158 Å². The van der Waals surface area contributed by atoms with E-state index in [4.69, 9.17) is 15.2 Å². The Bertz CT molecular complexity index is 1140. The number of fused-ring (bicyclic) bond motifs is 4. The normalized spacial score (nSPS) is 18.0. The Morgan fingerprint density at radius 3 is 2.75 bits per heavy atom. The molecule has 10 nitrogen and oxygen atoms in total. The van der Waals surface area contributed by atoms with E-state index in [-0.39, 0.29) is 11.6 Å². The number of nitro benzene ring substituents is 1. The van der Waals surface area contributed by atoms with Crippen LogP contribution in [0, 0.1) is 10.1 Å². The number of imidazole rings is 1. The van der Waals surface area contributed by atoms with Crippen molar-refractivity contribution in [1.29, 1.82) is 0 Å². The SMILES string of the molecule is NC1=NC(c2ccccc2[N+](=O)[O-])n2c(nc3cc4c(cc32)OCCCO4)N1. The summed E-state index contributed by atoms with van der Waals surface area (Å²) in [5, 5.41) is 14.5. The topological polar surface area (TPSA) is 130 Å². The molecule has 5 rings (SSSR count). The minimum atomic E-state index is -0.729. The molecule has 142 valence electrons. The largest absolute Gasteiger partial charge is 0.489 e. The summed E-state index contributed by atoms with van der Waals surface area (Å²) in [7, 11) is 0. The molecule has 28 heavy (non-hydrogen) atoms. The van der Waals surface area contributed by atoms with Crippen LogP contribution in [0.1, 0.15) is 18.2 Å². The maximum absolute atomic E-state index is 11.5. The highest BCUT2D eigenvalue weighted by Gasteiger charge is 2.30. The maximum Gasteiger partial charge on any atom is 0.276 e. The first-order valence-corrected chi connectivity index (χ1v) is 8.77. The number of benzene rings is 2. The van der Waals surface area contributed by atoms with Crippen LogP contribution >= 0.6 is 0 Å². The van der Waals surface area contributed by atoms with Crippen LogP contribution in [0.15, 0.2) is 41.4 Å². The first kappa shape index (κ1) is 16.4. The second-order valence-corrected chi connectivity index (χ2v) is 6.47. The third-order valence-corrected chi connectivity index (χ3v) is 4.72. The van der Waals surface area contributed by atoms with Crippen LogP contribution in [0.3, 0.4) is 0 Å². The summed E-state index contributed by atoms with van der Waals surface area (Å²) in [4.78, 5) is 20.1. The van der Waals surface area contributed by atoms with Gasteiger partial charge in [0.1, 0.15) is 0 Å². The van der Waals surface area contributed by atoms with E-state index in [1.807, 2.05) is 6.07 Å². The molecule has 1 unspecified atom stereocenters. The highest BCUT2D eigenvalue weighted by Crippen LogP contribution is 2.40. The van der Waals surface area contributed by atoms with Gasteiger partial charge in [0.05, 0.1) is 34.7 Å². The predicted octanol–water partition coefficient (Wildman–Crippen LogP) is 2.39. The Morgan fingerprint density at radius 2 is 1.96 bits per heavy atom. The van der Waals surface area contributed by atoms with Gasteiger partial charge in [-0.2, -0.15) is 0 Å². The van der Waals surface area contributed by atoms with Crippen molar-refractivity contribution in [2.24, 2.45) is 10.7 Å². The van der Waals surface area contributed by atoms with E-state index in [0.29, 0.717) is 47.3 Å². The molecule has 10 heteroatoms. The molecule has 0 amide bonds. The summed E-state index contributed by atoms with van der Waals surface area (Å²) in [6, 6.07) is 10.1. The van der Waals surface area contributed by atoms with Crippen LogP contribution in [0.4, 0.5) is 11.6 Å². The summed E-state index contributed by atoms with van der Waals surface area (Å²) in [5.41, 5.74) is 7.69. The van der Waals surface area contributed by atoms with Gasteiger partial charge in [-0.1, -0.05) is 12.1 Å². The summed E-state index contributed by atoms with van der Waals surface area (Å²) < 4.78 is 13.3. The molecular weight excluding hydrogens is 364 g/mol. The van der Waals surface area contributed by atoms with E-state index in [1.54, 1.807) is 28.8 Å². The van der Waals surface area contributed by atoms with Gasteiger partial charge in [0, 0.05) is 24.6 Å². The number of aliphatic imine (C=N–C) groups is 1. The molecule has 1 aromatic heterocycles. The number of nitrogens with one attached hydrogen (secondary N) is 1. The fourth-order valence-corrected chi connectivity index (χ4v) is 3.50. The van der Waals surface area contributed by atoms with Crippen molar-refractivity contribution in [2.75, 3.05) is 18.5 Å². The quantitative estimate of drug-likeness (QED) is 0.516. The number of guanidine groups is 1. The average molecular weight is 380 g/mol. The van der Waals surface area contributed by atoms with Crippen LogP contribution in [-0.2, 0) is 0 Å². The van der Waals surface area contributed by atoms with Crippen molar-refractivity contribution in [3.05, 3.63) is 52.1 Å². The second kappa shape index (κ2) is 6.12. The molecule has 3 N–H and O–H groups in total. The maximum atomic E-state index is 11.5. The molecule has 3 aromatic rings. The molecule has 0 saturated heterocycles. The number of rotatable bonds is 2. The Kier molecular flexibility index (Phi) is 3.57. The minimum absolute atomic E-state index is 0.0342. The predicted molar refractivity (Wildman–Crippen MR) is 102 cm³/mol. The number of nitrogens with zero attached hydrogens (tertiary/aromatic N) is 4. The van der Waals surface area contributed by atoms with Gasteiger partial charge in [0.25, 0.3) is 5.69 Å². The smallest absolute Gasteiger partial charge is 0.276 e. The highest BCUT2D eigenvalue weighted by molar-refractivity contribution is 5.95. The Hall–Kier alpha value is -3.82. The molecule has 0 saturated carbocycles. The number of ether oxygens (including phenoxy) is 2. The second-order valence-electron chi connectivity index (χ2n) is 6.47. The average Bonchev–Trinajstić information content (AvgIpc) is 2.87. The van der Waals surface area contributed by atoms with Gasteiger partial charge in [-0.15, -0.1) is 0 Å². The zero-order valence-electron chi connectivity index (χ0n) is 14.7. The number of nitrogens with two attached hydrogens (primary N) is 1. The molecule has 2 aliphatic rings. The minimum Gasteiger partial charge on any atom is -0.489 e. The molecule has 0 spiro atoms. The lowest BCUT2D eigenvalue weighted by Gasteiger charge is -2.23. The van der Waals surface area contributed by atoms with Crippen molar-refractivity contribution < 1.29 is 14.4 Å². The summed E-state index contributed by atoms with van der Waals surface area (Å²) in [6.07, 6.45) is 0.0614. The molecular formula is C18H16N6O4. The van der Waals surface area contributed by atoms with Crippen molar-refractivity contribution in [2.45, 2.75) is 12.6 Å². The van der Waals surface area contributed by atoms with E-state index < -0.39 is 11.1 Å². The van der Waals surface area contributed by atoms with Crippen LogP contribution < -0.4 is 20.5 Å². The molecule has 1 atom stereocenters. The summed E-state index contributed by atoms with van der Waals surface area (Å²) in [5.74, 6) is 1.82. The van der Waals surface area contributed by atoms with Gasteiger partial charge in [-0.05, 0) is 6.07 Å². The van der Waals surface area contributed by atoms with Crippen LogP contribution in [0.2, 0.25) is 0 Å². The van der Waals surface area contributed by atoms with E-state index in [9.17, 15) is 10.1 Å². The first-order valence-electron chi connectivity index (χ1n) is 8.77. The van der Waals surface area contributed by atoms with Gasteiger partial charge >= 0.3 is 0 Å². The third-order valence-electron chi connectivity index (χ3n) is 4.72. The lowest BCUT2D eigenvalue weighted by atomic mass is 10.1. The van der Waals surface area contributed by atoms with Gasteiger partial charge in [-0.25, -0.2) is 9.98 Å². The first-order chi connectivity index (χ1) is 13.6.